The predicted octanol–water partition coefficient (Wildman–Crippen LogP) is -3.43. The van der Waals surface area contributed by atoms with Crippen molar-refractivity contribution in [2.24, 2.45) is 0 Å². The van der Waals surface area contributed by atoms with E-state index in [1.54, 1.807) is 0 Å². The zero-order chi connectivity index (χ0) is 21.8. The van der Waals surface area contributed by atoms with Crippen LogP contribution in [0.1, 0.15) is 34.6 Å². The molecule has 152 valence electrons. The van der Waals surface area contributed by atoms with Crippen LogP contribution in [0.25, 0.3) is 0 Å². The van der Waals surface area contributed by atoms with E-state index in [4.69, 9.17) is 4.74 Å². The third-order valence-electron chi connectivity index (χ3n) is 5.24. The number of carbonyl (C=O) groups excluding carboxylic acids is 5. The molecule has 0 aliphatic carbocycles. The second-order valence-corrected chi connectivity index (χ2v) is 6.64. The summed E-state index contributed by atoms with van der Waals surface area (Å²) in [5.41, 5.74) is -14.8. The molecule has 0 aromatic rings. The molecule has 0 saturated carbocycles. The highest BCUT2D eigenvalue weighted by molar-refractivity contribution is 6.12. The fourth-order valence-electron chi connectivity index (χ4n) is 3.65. The van der Waals surface area contributed by atoms with Gasteiger partial charge < -0.3 is 30.3 Å². The highest BCUT2D eigenvalue weighted by Crippen LogP contribution is 2.54. The van der Waals surface area contributed by atoms with Gasteiger partial charge in [0.15, 0.2) is 34.5 Å². The van der Waals surface area contributed by atoms with Crippen LogP contribution in [0.15, 0.2) is 0 Å². The normalized spacial score (nSPS) is 41.7. The standard InChI is InChI=1S/C16H22O11/c1-7(18)12(6-17)13(23,8(2)19)14(24,9(3)20)15(25,10(4)21)16(26,27-12)11(5)22/h17,23-26H,6H2,1-5H3/t12-,13-,14-,15+,16+/m0/s1. The van der Waals surface area contributed by atoms with Crippen molar-refractivity contribution in [2.75, 3.05) is 6.61 Å². The second kappa shape index (κ2) is 6.33. The smallest absolute Gasteiger partial charge is 0.268 e. The van der Waals surface area contributed by atoms with E-state index in [2.05, 4.69) is 0 Å². The molecule has 5 N–H and O–H groups in total. The topological polar surface area (TPSA) is 196 Å². The molecule has 1 saturated heterocycles. The fourth-order valence-corrected chi connectivity index (χ4v) is 3.65. The van der Waals surface area contributed by atoms with Gasteiger partial charge in [0.1, 0.15) is 0 Å². The Balaban J connectivity index is 4.36. The quantitative estimate of drug-likeness (QED) is 0.303. The third kappa shape index (κ3) is 2.21. The van der Waals surface area contributed by atoms with Gasteiger partial charge in [-0.15, -0.1) is 0 Å². The monoisotopic (exact) mass is 390 g/mol. The molecule has 5 atom stereocenters. The SMILES string of the molecule is CC(=O)[C@]1(O)[C@](O)(C(C)=O)[C@](CO)(C(C)=O)O[C@](O)(C(C)=O)[C@@]1(O)C(C)=O. The van der Waals surface area contributed by atoms with Crippen LogP contribution < -0.4 is 0 Å². The van der Waals surface area contributed by atoms with Crippen molar-refractivity contribution < 1.29 is 54.2 Å². The highest BCUT2D eigenvalue weighted by Gasteiger charge is 2.88. The van der Waals surface area contributed by atoms with Gasteiger partial charge >= 0.3 is 0 Å². The van der Waals surface area contributed by atoms with E-state index in [1.165, 1.54) is 0 Å². The van der Waals surface area contributed by atoms with Crippen LogP contribution in [0.2, 0.25) is 0 Å². The molecule has 0 aromatic heterocycles. The molecule has 1 aliphatic rings. The molecule has 0 unspecified atom stereocenters. The Labute approximate surface area is 153 Å². The number of Topliss-reactive ketones (excluding diaryl/α,β-unsaturated/α-hetero) is 5. The first-order chi connectivity index (χ1) is 12.0. The Hall–Kier alpha value is -1.89. The van der Waals surface area contributed by atoms with Crippen molar-refractivity contribution in [2.45, 2.75) is 62.8 Å². The Morgan fingerprint density at radius 2 is 1.00 bits per heavy atom. The van der Waals surface area contributed by atoms with Crippen molar-refractivity contribution in [3.05, 3.63) is 0 Å². The van der Waals surface area contributed by atoms with Gasteiger partial charge in [-0.2, -0.15) is 0 Å². The van der Waals surface area contributed by atoms with Crippen molar-refractivity contribution in [3.63, 3.8) is 0 Å². The van der Waals surface area contributed by atoms with Crippen molar-refractivity contribution >= 4 is 28.9 Å². The molecule has 11 nitrogen and oxygen atoms in total. The first-order valence-corrected chi connectivity index (χ1v) is 7.74. The van der Waals surface area contributed by atoms with Gasteiger partial charge in [-0.25, -0.2) is 0 Å². The molecule has 0 bridgehead atoms. The van der Waals surface area contributed by atoms with Crippen LogP contribution in [0.3, 0.4) is 0 Å². The molecule has 0 radical (unpaired) electrons. The summed E-state index contributed by atoms with van der Waals surface area (Å²) >= 11 is 0. The number of hydrogen-bond acceptors (Lipinski definition) is 11. The maximum Gasteiger partial charge on any atom is 0.268 e. The largest absolute Gasteiger partial charge is 0.393 e. The van der Waals surface area contributed by atoms with Gasteiger partial charge in [0.05, 0.1) is 6.61 Å². The minimum absolute atomic E-state index is 0.538. The maximum absolute atomic E-state index is 12.4. The van der Waals surface area contributed by atoms with E-state index in [0.717, 1.165) is 0 Å². The van der Waals surface area contributed by atoms with Crippen LogP contribution in [-0.2, 0) is 28.7 Å². The van der Waals surface area contributed by atoms with Gasteiger partial charge in [0.2, 0.25) is 16.8 Å². The fraction of sp³-hybridized carbons (Fsp3) is 0.688. The van der Waals surface area contributed by atoms with Gasteiger partial charge in [0.25, 0.3) is 5.79 Å². The van der Waals surface area contributed by atoms with Crippen LogP contribution >= 0.6 is 0 Å². The molecule has 1 fully saturated rings. The lowest BCUT2D eigenvalue weighted by Crippen LogP contribution is -2.94. The lowest BCUT2D eigenvalue weighted by atomic mass is 9.53. The van der Waals surface area contributed by atoms with E-state index >= 15 is 0 Å². The van der Waals surface area contributed by atoms with E-state index < -0.39 is 63.7 Å². The van der Waals surface area contributed by atoms with Crippen LogP contribution in [-0.4, -0.2) is 89.2 Å². The zero-order valence-electron chi connectivity index (χ0n) is 15.4. The average molecular weight is 390 g/mol. The number of hydrogen-bond donors (Lipinski definition) is 5. The summed E-state index contributed by atoms with van der Waals surface area (Å²) in [6.45, 7) is 1.33. The molecule has 11 heteroatoms. The number of aliphatic hydroxyl groups excluding tert-OH is 1. The van der Waals surface area contributed by atoms with Crippen molar-refractivity contribution in [1.29, 1.82) is 0 Å². The molecule has 1 rings (SSSR count). The summed E-state index contributed by atoms with van der Waals surface area (Å²) in [5.74, 6) is -11.5. The van der Waals surface area contributed by atoms with E-state index in [9.17, 15) is 49.5 Å². The molecule has 0 amide bonds. The Morgan fingerprint density at radius 3 is 1.22 bits per heavy atom. The van der Waals surface area contributed by atoms with Gasteiger partial charge in [-0.05, 0) is 27.7 Å². The Bertz CT molecular complexity index is 745. The average Bonchev–Trinajstić information content (AvgIpc) is 2.54. The molecular weight excluding hydrogens is 368 g/mol. The highest BCUT2D eigenvalue weighted by atomic mass is 16.7. The van der Waals surface area contributed by atoms with Crippen molar-refractivity contribution in [3.8, 4) is 0 Å². The second-order valence-electron chi connectivity index (χ2n) is 6.64. The first kappa shape index (κ1) is 23.1. The number of carbonyl (C=O) groups is 5. The van der Waals surface area contributed by atoms with Crippen LogP contribution in [0.4, 0.5) is 0 Å². The van der Waals surface area contributed by atoms with E-state index in [1.807, 2.05) is 0 Å². The Morgan fingerprint density at radius 1 is 0.630 bits per heavy atom. The lowest BCUT2D eigenvalue weighted by molar-refractivity contribution is -0.409. The summed E-state index contributed by atoms with van der Waals surface area (Å²) in [6.07, 6.45) is 0. The summed E-state index contributed by atoms with van der Waals surface area (Å²) in [7, 11) is 0. The van der Waals surface area contributed by atoms with E-state index in [-0.39, 0.29) is 0 Å². The summed E-state index contributed by atoms with van der Waals surface area (Å²) in [4.78, 5) is 61.2. The molecule has 0 aromatic carbocycles. The van der Waals surface area contributed by atoms with Gasteiger partial charge in [0, 0.05) is 6.92 Å². The molecular formula is C16H22O11. The molecule has 1 heterocycles. The Kier molecular flexibility index (Phi) is 5.43. The van der Waals surface area contributed by atoms with Crippen LogP contribution in [0.5, 0.6) is 0 Å². The maximum atomic E-state index is 12.4. The molecule has 0 spiro atoms. The van der Waals surface area contributed by atoms with Gasteiger partial charge in [-0.3, -0.25) is 24.0 Å². The lowest BCUT2D eigenvalue weighted by Gasteiger charge is -2.63. The summed E-state index contributed by atoms with van der Waals surface area (Å²) in [6, 6.07) is 0. The number of rotatable bonds is 6. The summed E-state index contributed by atoms with van der Waals surface area (Å²) < 4.78 is 4.89. The minimum Gasteiger partial charge on any atom is -0.393 e. The number of ketones is 5. The summed E-state index contributed by atoms with van der Waals surface area (Å²) in [5, 5.41) is 53.5. The molecule has 1 aliphatic heterocycles. The predicted molar refractivity (Wildman–Crippen MR) is 84.1 cm³/mol. The third-order valence-corrected chi connectivity index (χ3v) is 5.24. The number of aliphatic hydroxyl groups is 5. The minimum atomic E-state index is -3.94. The number of ether oxygens (including phenoxy) is 1. The zero-order valence-corrected chi connectivity index (χ0v) is 15.4. The van der Waals surface area contributed by atoms with E-state index in [0.29, 0.717) is 34.6 Å². The van der Waals surface area contributed by atoms with Crippen molar-refractivity contribution in [1.82, 2.24) is 0 Å². The van der Waals surface area contributed by atoms with Crippen LogP contribution in [0, 0.1) is 0 Å². The molecule has 27 heavy (non-hydrogen) atoms. The first-order valence-electron chi connectivity index (χ1n) is 7.74. The van der Waals surface area contributed by atoms with Gasteiger partial charge in [-0.1, -0.05) is 0 Å².